The largest absolute Gasteiger partial charge is 0.354 e. The number of sulfonamides is 1. The van der Waals surface area contributed by atoms with Crippen molar-refractivity contribution in [1.29, 1.82) is 0 Å². The summed E-state index contributed by atoms with van der Waals surface area (Å²) >= 11 is 0. The van der Waals surface area contributed by atoms with Crippen molar-refractivity contribution in [2.24, 2.45) is 0 Å². The average molecular weight is 312 g/mol. The molecular formula is C15H24N2O3S. The SMILES string of the molecule is CC[C@H](C)NC(=O)CCCN(c1ccccc1)S(C)(=O)=O. The van der Waals surface area contributed by atoms with E-state index in [1.165, 1.54) is 10.6 Å². The number of carbonyl (C=O) groups excluding carboxylic acids is 1. The standard InChI is InChI=1S/C15H24N2O3S/c1-4-13(2)16-15(18)11-8-12-17(21(3,19)20)14-9-6-5-7-10-14/h5-7,9-10,13H,4,8,11-12H2,1-3H3,(H,16,18)/t13-/m0/s1. The van der Waals surface area contributed by atoms with Crippen molar-refractivity contribution in [2.45, 2.75) is 39.2 Å². The second-order valence-electron chi connectivity index (χ2n) is 5.15. The molecule has 0 bridgehead atoms. The molecule has 118 valence electrons. The van der Waals surface area contributed by atoms with Crippen LogP contribution in [0.1, 0.15) is 33.1 Å². The van der Waals surface area contributed by atoms with Crippen molar-refractivity contribution >= 4 is 21.6 Å². The van der Waals surface area contributed by atoms with E-state index < -0.39 is 10.0 Å². The molecule has 1 rings (SSSR count). The second kappa shape index (κ2) is 8.02. The Balaban J connectivity index is 2.59. The zero-order chi connectivity index (χ0) is 15.9. The summed E-state index contributed by atoms with van der Waals surface area (Å²) in [6, 6.07) is 9.08. The van der Waals surface area contributed by atoms with Crippen molar-refractivity contribution in [3.63, 3.8) is 0 Å². The Morgan fingerprint density at radius 1 is 1.29 bits per heavy atom. The van der Waals surface area contributed by atoms with Gasteiger partial charge in [-0.05, 0) is 31.9 Å². The maximum Gasteiger partial charge on any atom is 0.232 e. The minimum atomic E-state index is -3.34. The molecule has 0 radical (unpaired) electrons. The predicted octanol–water partition coefficient (Wildman–Crippen LogP) is 2.15. The van der Waals surface area contributed by atoms with Crippen LogP contribution in [0.4, 0.5) is 5.69 Å². The summed E-state index contributed by atoms with van der Waals surface area (Å²) in [6.07, 6.45) is 2.87. The maximum atomic E-state index is 11.9. The van der Waals surface area contributed by atoms with Gasteiger partial charge in [-0.3, -0.25) is 9.10 Å². The third-order valence-corrected chi connectivity index (χ3v) is 4.42. The van der Waals surface area contributed by atoms with E-state index in [1.807, 2.05) is 19.9 Å². The highest BCUT2D eigenvalue weighted by Gasteiger charge is 2.17. The van der Waals surface area contributed by atoms with Crippen molar-refractivity contribution in [3.05, 3.63) is 30.3 Å². The van der Waals surface area contributed by atoms with Crippen LogP contribution >= 0.6 is 0 Å². The molecule has 0 aliphatic carbocycles. The Bertz CT molecular complexity index is 543. The molecule has 0 heterocycles. The molecule has 5 nitrogen and oxygen atoms in total. The van der Waals surface area contributed by atoms with Crippen LogP contribution in [0.25, 0.3) is 0 Å². The number of para-hydroxylation sites is 1. The summed E-state index contributed by atoms with van der Waals surface area (Å²) in [5, 5.41) is 2.87. The summed E-state index contributed by atoms with van der Waals surface area (Å²) in [4.78, 5) is 11.7. The van der Waals surface area contributed by atoms with Gasteiger partial charge in [0.05, 0.1) is 11.9 Å². The number of hydrogen-bond donors (Lipinski definition) is 1. The Labute approximate surface area is 127 Å². The molecule has 1 amide bonds. The van der Waals surface area contributed by atoms with E-state index in [9.17, 15) is 13.2 Å². The number of anilines is 1. The molecule has 1 aromatic carbocycles. The van der Waals surface area contributed by atoms with Gasteiger partial charge in [0.1, 0.15) is 0 Å². The number of benzene rings is 1. The molecule has 0 aliphatic heterocycles. The first kappa shape index (κ1) is 17.5. The first-order valence-electron chi connectivity index (χ1n) is 7.16. The van der Waals surface area contributed by atoms with Crippen molar-refractivity contribution in [2.75, 3.05) is 17.1 Å². The number of nitrogens with zero attached hydrogens (tertiary/aromatic N) is 1. The summed E-state index contributed by atoms with van der Waals surface area (Å²) in [7, 11) is -3.34. The van der Waals surface area contributed by atoms with Gasteiger partial charge in [-0.1, -0.05) is 25.1 Å². The summed E-state index contributed by atoms with van der Waals surface area (Å²) in [5.41, 5.74) is 0.627. The first-order valence-corrected chi connectivity index (χ1v) is 9.01. The van der Waals surface area contributed by atoms with E-state index in [-0.39, 0.29) is 11.9 Å². The lowest BCUT2D eigenvalue weighted by Gasteiger charge is -2.22. The highest BCUT2D eigenvalue weighted by Crippen LogP contribution is 2.17. The van der Waals surface area contributed by atoms with Crippen molar-refractivity contribution in [1.82, 2.24) is 5.32 Å². The average Bonchev–Trinajstić information content (AvgIpc) is 2.43. The van der Waals surface area contributed by atoms with E-state index in [2.05, 4.69) is 5.32 Å². The van der Waals surface area contributed by atoms with Gasteiger partial charge in [-0.25, -0.2) is 8.42 Å². The molecule has 1 aromatic rings. The van der Waals surface area contributed by atoms with Crippen LogP contribution in [0.2, 0.25) is 0 Å². The molecule has 0 spiro atoms. The smallest absolute Gasteiger partial charge is 0.232 e. The molecule has 6 heteroatoms. The van der Waals surface area contributed by atoms with Gasteiger partial charge >= 0.3 is 0 Å². The Morgan fingerprint density at radius 2 is 1.90 bits per heavy atom. The Hall–Kier alpha value is -1.56. The van der Waals surface area contributed by atoms with Gasteiger partial charge in [-0.2, -0.15) is 0 Å². The van der Waals surface area contributed by atoms with Gasteiger partial charge in [-0.15, -0.1) is 0 Å². The van der Waals surface area contributed by atoms with Gasteiger partial charge in [0, 0.05) is 19.0 Å². The summed E-state index contributed by atoms with van der Waals surface area (Å²) in [6.45, 7) is 4.26. The molecule has 1 N–H and O–H groups in total. The molecule has 0 aliphatic rings. The molecule has 0 saturated carbocycles. The normalized spacial score (nSPS) is 12.7. The van der Waals surface area contributed by atoms with E-state index in [0.717, 1.165) is 6.42 Å². The van der Waals surface area contributed by atoms with E-state index in [0.29, 0.717) is 25.1 Å². The minimum Gasteiger partial charge on any atom is -0.354 e. The quantitative estimate of drug-likeness (QED) is 0.800. The van der Waals surface area contributed by atoms with Crippen LogP contribution in [0, 0.1) is 0 Å². The molecule has 0 unspecified atom stereocenters. The van der Waals surface area contributed by atoms with Gasteiger partial charge in [0.15, 0.2) is 0 Å². The van der Waals surface area contributed by atoms with Crippen molar-refractivity contribution < 1.29 is 13.2 Å². The van der Waals surface area contributed by atoms with Crippen LogP contribution in [0.3, 0.4) is 0 Å². The summed E-state index contributed by atoms with van der Waals surface area (Å²) in [5.74, 6) is -0.0362. The fourth-order valence-corrected chi connectivity index (χ4v) is 2.88. The zero-order valence-electron chi connectivity index (χ0n) is 12.9. The minimum absolute atomic E-state index is 0.0362. The van der Waals surface area contributed by atoms with Gasteiger partial charge < -0.3 is 5.32 Å². The fraction of sp³-hybridized carbons (Fsp3) is 0.533. The number of rotatable bonds is 8. The molecule has 0 saturated heterocycles. The van der Waals surface area contributed by atoms with Crippen LogP contribution in [-0.4, -0.2) is 33.2 Å². The Kier molecular flexibility index (Phi) is 6.68. The van der Waals surface area contributed by atoms with Gasteiger partial charge in [0.2, 0.25) is 15.9 Å². The van der Waals surface area contributed by atoms with Gasteiger partial charge in [0.25, 0.3) is 0 Å². The molecule has 0 fully saturated rings. The third kappa shape index (κ3) is 6.16. The molecule has 21 heavy (non-hydrogen) atoms. The molecule has 1 atom stereocenters. The first-order chi connectivity index (χ1) is 9.84. The number of hydrogen-bond acceptors (Lipinski definition) is 3. The number of nitrogens with one attached hydrogen (secondary N) is 1. The van der Waals surface area contributed by atoms with E-state index in [1.54, 1.807) is 24.3 Å². The third-order valence-electron chi connectivity index (χ3n) is 3.23. The predicted molar refractivity (Wildman–Crippen MR) is 85.8 cm³/mol. The van der Waals surface area contributed by atoms with Crippen molar-refractivity contribution in [3.8, 4) is 0 Å². The molecule has 0 aromatic heterocycles. The van der Waals surface area contributed by atoms with E-state index >= 15 is 0 Å². The van der Waals surface area contributed by atoms with Crippen LogP contribution < -0.4 is 9.62 Å². The highest BCUT2D eigenvalue weighted by molar-refractivity contribution is 7.92. The maximum absolute atomic E-state index is 11.9. The zero-order valence-corrected chi connectivity index (χ0v) is 13.7. The second-order valence-corrected chi connectivity index (χ2v) is 7.06. The molecular weight excluding hydrogens is 288 g/mol. The summed E-state index contributed by atoms with van der Waals surface area (Å²) < 4.78 is 25.1. The Morgan fingerprint density at radius 3 is 2.43 bits per heavy atom. The fourth-order valence-electron chi connectivity index (χ4n) is 1.91. The van der Waals surface area contributed by atoms with E-state index in [4.69, 9.17) is 0 Å². The lowest BCUT2D eigenvalue weighted by Crippen LogP contribution is -2.34. The van der Waals surface area contributed by atoms with Crippen LogP contribution in [0.15, 0.2) is 30.3 Å². The lowest BCUT2D eigenvalue weighted by atomic mass is 10.2. The van der Waals surface area contributed by atoms with Crippen LogP contribution in [-0.2, 0) is 14.8 Å². The number of carbonyl (C=O) groups is 1. The van der Waals surface area contributed by atoms with Crippen LogP contribution in [0.5, 0.6) is 0 Å². The monoisotopic (exact) mass is 312 g/mol. The topological polar surface area (TPSA) is 66.5 Å². The lowest BCUT2D eigenvalue weighted by molar-refractivity contribution is -0.121. The number of amides is 1. The highest BCUT2D eigenvalue weighted by atomic mass is 32.2.